The fraction of sp³-hybridized carbons (Fsp3) is 0.353. The number of benzene rings is 1. The number of aryl methyl sites for hydroxylation is 1. The van der Waals surface area contributed by atoms with E-state index in [1.165, 1.54) is 0 Å². The molecule has 0 aliphatic carbocycles. The SMILES string of the molecule is COc1ccccc1C(CNC(=O)c1ccc(C)o1)N(C)C. The molecule has 1 heterocycles. The van der Waals surface area contributed by atoms with Gasteiger partial charge in [0.1, 0.15) is 11.5 Å². The zero-order chi connectivity index (χ0) is 16.1. The zero-order valence-electron chi connectivity index (χ0n) is 13.4. The van der Waals surface area contributed by atoms with Gasteiger partial charge in [0.05, 0.1) is 13.2 Å². The van der Waals surface area contributed by atoms with Crippen LogP contribution >= 0.6 is 0 Å². The number of rotatable bonds is 6. The third-order valence-corrected chi connectivity index (χ3v) is 3.54. The standard InChI is InChI=1S/C17H22N2O3/c1-12-9-10-16(22-12)17(20)18-11-14(19(2)3)13-7-5-6-8-15(13)21-4/h5-10,14H,11H2,1-4H3,(H,18,20). The van der Waals surface area contributed by atoms with Gasteiger partial charge in [-0.25, -0.2) is 0 Å². The second kappa shape index (κ2) is 7.13. The van der Waals surface area contributed by atoms with E-state index in [2.05, 4.69) is 5.32 Å². The number of furan rings is 1. The monoisotopic (exact) mass is 302 g/mol. The van der Waals surface area contributed by atoms with Gasteiger partial charge in [-0.15, -0.1) is 0 Å². The van der Waals surface area contributed by atoms with Crippen molar-refractivity contribution in [2.45, 2.75) is 13.0 Å². The first-order valence-electron chi connectivity index (χ1n) is 7.17. The maximum atomic E-state index is 12.1. The number of methoxy groups -OCH3 is 1. The first-order valence-corrected chi connectivity index (χ1v) is 7.17. The minimum Gasteiger partial charge on any atom is -0.496 e. The van der Waals surface area contributed by atoms with E-state index in [-0.39, 0.29) is 11.9 Å². The largest absolute Gasteiger partial charge is 0.496 e. The molecule has 1 aromatic carbocycles. The highest BCUT2D eigenvalue weighted by molar-refractivity contribution is 5.91. The molecule has 0 aliphatic rings. The van der Waals surface area contributed by atoms with Gasteiger partial charge in [0, 0.05) is 12.1 Å². The first kappa shape index (κ1) is 16.1. The number of para-hydroxylation sites is 1. The molecular weight excluding hydrogens is 280 g/mol. The second-order valence-corrected chi connectivity index (χ2v) is 5.34. The van der Waals surface area contributed by atoms with Crippen LogP contribution in [-0.2, 0) is 0 Å². The molecule has 1 atom stereocenters. The Morgan fingerprint density at radius 3 is 2.59 bits per heavy atom. The molecular formula is C17H22N2O3. The van der Waals surface area contributed by atoms with Crippen molar-refractivity contribution in [3.05, 3.63) is 53.5 Å². The average Bonchev–Trinajstić information content (AvgIpc) is 2.94. The Labute approximate surface area is 130 Å². The summed E-state index contributed by atoms with van der Waals surface area (Å²) in [6.45, 7) is 2.28. The molecule has 5 nitrogen and oxygen atoms in total. The van der Waals surface area contributed by atoms with Crippen LogP contribution in [0.2, 0.25) is 0 Å². The highest BCUT2D eigenvalue weighted by atomic mass is 16.5. The third-order valence-electron chi connectivity index (χ3n) is 3.54. The van der Waals surface area contributed by atoms with Gasteiger partial charge in [-0.3, -0.25) is 4.79 Å². The van der Waals surface area contributed by atoms with Crippen molar-refractivity contribution in [2.75, 3.05) is 27.7 Å². The van der Waals surface area contributed by atoms with Crippen molar-refractivity contribution < 1.29 is 13.9 Å². The van der Waals surface area contributed by atoms with Crippen LogP contribution in [0.15, 0.2) is 40.8 Å². The molecule has 1 aromatic heterocycles. The van der Waals surface area contributed by atoms with Crippen LogP contribution in [0.4, 0.5) is 0 Å². The summed E-state index contributed by atoms with van der Waals surface area (Å²) in [4.78, 5) is 14.2. The molecule has 118 valence electrons. The Bertz CT molecular complexity index is 634. The molecule has 0 bridgehead atoms. The Morgan fingerprint density at radius 2 is 2.00 bits per heavy atom. The summed E-state index contributed by atoms with van der Waals surface area (Å²) in [5.74, 6) is 1.65. The van der Waals surface area contributed by atoms with Gasteiger partial charge in [0.25, 0.3) is 5.91 Å². The maximum Gasteiger partial charge on any atom is 0.287 e. The Morgan fingerprint density at radius 1 is 1.27 bits per heavy atom. The van der Waals surface area contributed by atoms with Gasteiger partial charge in [0.15, 0.2) is 5.76 Å². The van der Waals surface area contributed by atoms with E-state index in [1.54, 1.807) is 19.2 Å². The summed E-state index contributed by atoms with van der Waals surface area (Å²) in [7, 11) is 5.59. The Kier molecular flexibility index (Phi) is 5.22. The van der Waals surface area contributed by atoms with E-state index >= 15 is 0 Å². The number of hydrogen-bond acceptors (Lipinski definition) is 4. The number of ether oxygens (including phenoxy) is 1. The number of likely N-dealkylation sites (N-methyl/N-ethyl adjacent to an activating group) is 1. The van der Waals surface area contributed by atoms with Crippen molar-refractivity contribution in [1.82, 2.24) is 10.2 Å². The molecule has 0 aliphatic heterocycles. The summed E-state index contributed by atoms with van der Waals surface area (Å²) >= 11 is 0. The van der Waals surface area contributed by atoms with Crippen LogP contribution in [-0.4, -0.2) is 38.6 Å². The number of carbonyl (C=O) groups excluding carboxylic acids is 1. The number of nitrogens with one attached hydrogen (secondary N) is 1. The van der Waals surface area contributed by atoms with Gasteiger partial charge in [-0.05, 0) is 39.2 Å². The average molecular weight is 302 g/mol. The lowest BCUT2D eigenvalue weighted by Crippen LogP contribution is -2.34. The fourth-order valence-corrected chi connectivity index (χ4v) is 2.35. The lowest BCUT2D eigenvalue weighted by Gasteiger charge is -2.26. The van der Waals surface area contributed by atoms with E-state index < -0.39 is 0 Å². The predicted molar refractivity (Wildman–Crippen MR) is 85.2 cm³/mol. The zero-order valence-corrected chi connectivity index (χ0v) is 13.4. The van der Waals surface area contributed by atoms with Crippen LogP contribution < -0.4 is 10.1 Å². The van der Waals surface area contributed by atoms with Crippen LogP contribution in [0.1, 0.15) is 27.9 Å². The highest BCUT2D eigenvalue weighted by Gasteiger charge is 2.20. The number of carbonyl (C=O) groups is 1. The summed E-state index contributed by atoms with van der Waals surface area (Å²) in [5, 5.41) is 2.91. The van der Waals surface area contributed by atoms with Crippen molar-refractivity contribution in [2.24, 2.45) is 0 Å². The molecule has 2 rings (SSSR count). The van der Waals surface area contributed by atoms with E-state index in [1.807, 2.05) is 50.2 Å². The third kappa shape index (κ3) is 3.68. The molecule has 0 radical (unpaired) electrons. The molecule has 1 amide bonds. The predicted octanol–water partition coefficient (Wildman–Crippen LogP) is 2.63. The van der Waals surface area contributed by atoms with Gasteiger partial charge >= 0.3 is 0 Å². The van der Waals surface area contributed by atoms with Gasteiger partial charge in [-0.1, -0.05) is 18.2 Å². The quantitative estimate of drug-likeness (QED) is 0.891. The smallest absolute Gasteiger partial charge is 0.287 e. The molecule has 1 N–H and O–H groups in total. The highest BCUT2D eigenvalue weighted by Crippen LogP contribution is 2.27. The number of hydrogen-bond donors (Lipinski definition) is 1. The number of amides is 1. The Balaban J connectivity index is 2.11. The number of nitrogens with zero attached hydrogens (tertiary/aromatic N) is 1. The molecule has 2 aromatic rings. The second-order valence-electron chi connectivity index (χ2n) is 5.34. The van der Waals surface area contributed by atoms with Crippen molar-refractivity contribution >= 4 is 5.91 Å². The molecule has 22 heavy (non-hydrogen) atoms. The minimum absolute atomic E-state index is 0.0103. The summed E-state index contributed by atoms with van der Waals surface area (Å²) in [6, 6.07) is 11.3. The molecule has 0 spiro atoms. The van der Waals surface area contributed by atoms with E-state index in [4.69, 9.17) is 9.15 Å². The molecule has 0 fully saturated rings. The molecule has 5 heteroatoms. The fourth-order valence-electron chi connectivity index (χ4n) is 2.35. The van der Waals surface area contributed by atoms with Crippen molar-refractivity contribution in [3.8, 4) is 5.75 Å². The van der Waals surface area contributed by atoms with Crippen molar-refractivity contribution in [3.63, 3.8) is 0 Å². The van der Waals surface area contributed by atoms with Gasteiger partial charge in [0.2, 0.25) is 0 Å². The lowest BCUT2D eigenvalue weighted by atomic mass is 10.0. The van der Waals surface area contributed by atoms with Crippen molar-refractivity contribution in [1.29, 1.82) is 0 Å². The topological polar surface area (TPSA) is 54.7 Å². The van der Waals surface area contributed by atoms with Gasteiger partial charge < -0.3 is 19.4 Å². The summed E-state index contributed by atoms with van der Waals surface area (Å²) < 4.78 is 10.8. The molecule has 0 saturated heterocycles. The van der Waals surface area contributed by atoms with E-state index in [0.717, 1.165) is 17.1 Å². The molecule has 1 unspecified atom stereocenters. The summed E-state index contributed by atoms with van der Waals surface area (Å²) in [5.41, 5.74) is 1.03. The lowest BCUT2D eigenvalue weighted by molar-refractivity contribution is 0.0912. The minimum atomic E-state index is -0.213. The van der Waals surface area contributed by atoms with Crippen LogP contribution in [0.3, 0.4) is 0 Å². The van der Waals surface area contributed by atoms with Gasteiger partial charge in [-0.2, -0.15) is 0 Å². The summed E-state index contributed by atoms with van der Waals surface area (Å²) in [6.07, 6.45) is 0. The van der Waals surface area contributed by atoms with E-state index in [0.29, 0.717) is 12.3 Å². The first-order chi connectivity index (χ1) is 10.5. The van der Waals surface area contributed by atoms with E-state index in [9.17, 15) is 4.79 Å². The maximum absolute atomic E-state index is 12.1. The van der Waals surface area contributed by atoms with Crippen LogP contribution in [0.5, 0.6) is 5.75 Å². The van der Waals surface area contributed by atoms with Crippen LogP contribution in [0.25, 0.3) is 0 Å². The Hall–Kier alpha value is -2.27. The normalized spacial score (nSPS) is 12.2. The molecule has 0 saturated carbocycles. The van der Waals surface area contributed by atoms with Crippen LogP contribution in [0, 0.1) is 6.92 Å².